The number of benzene rings is 1. The number of esters is 1. The maximum atomic E-state index is 13.6. The zero-order valence-corrected chi connectivity index (χ0v) is 15.3. The van der Waals surface area contributed by atoms with E-state index in [4.69, 9.17) is 4.74 Å². The Hall–Kier alpha value is -2.28. The number of ether oxygens (including phenoxy) is 1. The van der Waals surface area contributed by atoms with Crippen LogP contribution in [0.3, 0.4) is 0 Å². The minimum atomic E-state index is -1.11. The number of rotatable bonds is 4. The topological polar surface area (TPSA) is 55.4 Å². The fraction of sp³-hybridized carbons (Fsp3) is 0.368. The number of nitrogens with one attached hydrogen (secondary N) is 1. The van der Waals surface area contributed by atoms with Crippen LogP contribution in [0.1, 0.15) is 40.4 Å². The Morgan fingerprint density at radius 3 is 2.81 bits per heavy atom. The molecule has 0 bridgehead atoms. The van der Waals surface area contributed by atoms with Gasteiger partial charge in [0, 0.05) is 10.9 Å². The van der Waals surface area contributed by atoms with Gasteiger partial charge < -0.3 is 10.1 Å². The van der Waals surface area contributed by atoms with Crippen molar-refractivity contribution < 1.29 is 23.1 Å². The number of aryl methyl sites for hydroxylation is 1. The highest BCUT2D eigenvalue weighted by molar-refractivity contribution is 7.14. The van der Waals surface area contributed by atoms with Crippen LogP contribution in [0.25, 0.3) is 0 Å². The zero-order chi connectivity index (χ0) is 18.8. The average Bonchev–Trinajstić information content (AvgIpc) is 3.00. The fourth-order valence-electron chi connectivity index (χ4n) is 2.90. The van der Waals surface area contributed by atoms with E-state index in [1.807, 2.05) is 6.07 Å². The first kappa shape index (κ1) is 18.5. The quantitative estimate of drug-likeness (QED) is 0.805. The van der Waals surface area contributed by atoms with Crippen LogP contribution >= 0.6 is 11.3 Å². The van der Waals surface area contributed by atoms with Crippen molar-refractivity contribution in [2.24, 2.45) is 5.92 Å². The zero-order valence-electron chi connectivity index (χ0n) is 14.5. The molecule has 2 atom stereocenters. The summed E-state index contributed by atoms with van der Waals surface area (Å²) in [6, 6.07) is 4.66. The third-order valence-corrected chi connectivity index (χ3v) is 5.59. The number of anilines is 1. The summed E-state index contributed by atoms with van der Waals surface area (Å²) in [5.41, 5.74) is 1.01. The lowest BCUT2D eigenvalue weighted by molar-refractivity contribution is -0.123. The van der Waals surface area contributed by atoms with Gasteiger partial charge in [0.25, 0.3) is 5.91 Å². The smallest absolute Gasteiger partial charge is 0.349 e. The molecule has 0 spiro atoms. The molecule has 1 aliphatic carbocycles. The molecule has 4 nitrogen and oxygen atoms in total. The Labute approximate surface area is 154 Å². The molecular weight excluding hydrogens is 360 g/mol. The molecule has 0 unspecified atom stereocenters. The second-order valence-electron chi connectivity index (χ2n) is 6.57. The summed E-state index contributed by atoms with van der Waals surface area (Å²) in [7, 11) is 0. The van der Waals surface area contributed by atoms with Crippen molar-refractivity contribution in [1.82, 2.24) is 0 Å². The minimum Gasteiger partial charge on any atom is -0.448 e. The standard InChI is InChI=1S/C19H19F2NO3S/c1-10-3-6-16-12(7-10)8-17(26-16)19(24)25-11(2)18(23)22-15-5-4-13(20)9-14(15)21/h4-5,8-11H,3,6-7H2,1-2H3,(H,22,23)/t10-,11+/m1/s1. The Kier molecular flexibility index (Phi) is 5.36. The molecule has 0 fully saturated rings. The molecule has 0 saturated heterocycles. The average molecular weight is 379 g/mol. The summed E-state index contributed by atoms with van der Waals surface area (Å²) in [4.78, 5) is 26.1. The van der Waals surface area contributed by atoms with E-state index in [0.717, 1.165) is 31.4 Å². The van der Waals surface area contributed by atoms with Crippen molar-refractivity contribution in [3.63, 3.8) is 0 Å². The molecule has 3 rings (SSSR count). The molecule has 1 amide bonds. The van der Waals surface area contributed by atoms with Crippen molar-refractivity contribution >= 4 is 28.9 Å². The van der Waals surface area contributed by atoms with Gasteiger partial charge in [-0.3, -0.25) is 4.79 Å². The van der Waals surface area contributed by atoms with E-state index >= 15 is 0 Å². The first-order chi connectivity index (χ1) is 12.3. The van der Waals surface area contributed by atoms with Crippen molar-refractivity contribution in [2.45, 2.75) is 39.2 Å². The first-order valence-corrected chi connectivity index (χ1v) is 9.23. The van der Waals surface area contributed by atoms with Crippen molar-refractivity contribution in [3.8, 4) is 0 Å². The van der Waals surface area contributed by atoms with Crippen LogP contribution in [-0.2, 0) is 22.4 Å². The monoisotopic (exact) mass is 379 g/mol. The normalized spacial score (nSPS) is 17.3. The van der Waals surface area contributed by atoms with Gasteiger partial charge in [0.15, 0.2) is 6.10 Å². The number of carbonyl (C=O) groups is 2. The fourth-order valence-corrected chi connectivity index (χ4v) is 4.00. The van der Waals surface area contributed by atoms with Crippen LogP contribution in [0.4, 0.5) is 14.5 Å². The van der Waals surface area contributed by atoms with Crippen LogP contribution < -0.4 is 5.32 Å². The number of thiophene rings is 1. The molecule has 1 aromatic heterocycles. The molecule has 26 heavy (non-hydrogen) atoms. The second-order valence-corrected chi connectivity index (χ2v) is 7.70. The maximum Gasteiger partial charge on any atom is 0.349 e. The lowest BCUT2D eigenvalue weighted by atomic mass is 9.90. The van der Waals surface area contributed by atoms with E-state index in [-0.39, 0.29) is 5.69 Å². The molecular formula is C19H19F2NO3S. The molecule has 138 valence electrons. The highest BCUT2D eigenvalue weighted by Crippen LogP contribution is 2.32. The Morgan fingerprint density at radius 2 is 2.08 bits per heavy atom. The molecule has 1 heterocycles. The van der Waals surface area contributed by atoms with Crippen molar-refractivity contribution in [3.05, 3.63) is 51.2 Å². The lowest BCUT2D eigenvalue weighted by Crippen LogP contribution is -2.30. The number of hydrogen-bond acceptors (Lipinski definition) is 4. The van der Waals surface area contributed by atoms with Gasteiger partial charge in [0.2, 0.25) is 0 Å². The van der Waals surface area contributed by atoms with Gasteiger partial charge >= 0.3 is 5.97 Å². The van der Waals surface area contributed by atoms with Crippen LogP contribution in [0.15, 0.2) is 24.3 Å². The van der Waals surface area contributed by atoms with Crippen molar-refractivity contribution in [2.75, 3.05) is 5.32 Å². The summed E-state index contributed by atoms with van der Waals surface area (Å²) >= 11 is 1.40. The largest absolute Gasteiger partial charge is 0.448 e. The highest BCUT2D eigenvalue weighted by Gasteiger charge is 2.24. The van der Waals surface area contributed by atoms with Gasteiger partial charge in [0.05, 0.1) is 5.69 Å². The molecule has 1 aliphatic rings. The predicted octanol–water partition coefficient (Wildman–Crippen LogP) is 4.34. The summed E-state index contributed by atoms with van der Waals surface area (Å²) < 4.78 is 31.7. The van der Waals surface area contributed by atoms with Crippen molar-refractivity contribution in [1.29, 1.82) is 0 Å². The summed E-state index contributed by atoms with van der Waals surface area (Å²) in [6.45, 7) is 3.59. The third kappa shape index (κ3) is 4.09. The molecule has 7 heteroatoms. The molecule has 0 saturated carbocycles. The van der Waals surface area contributed by atoms with Crippen LogP contribution in [0.2, 0.25) is 0 Å². The van der Waals surface area contributed by atoms with E-state index < -0.39 is 29.6 Å². The molecule has 0 radical (unpaired) electrons. The van der Waals surface area contributed by atoms with Crippen LogP contribution in [0, 0.1) is 17.6 Å². The van der Waals surface area contributed by atoms with Gasteiger partial charge in [0.1, 0.15) is 16.5 Å². The SMILES string of the molecule is C[C@@H]1CCc2sc(C(=O)O[C@@H](C)C(=O)Nc3ccc(F)cc3F)cc2C1. The van der Waals surface area contributed by atoms with Gasteiger partial charge in [-0.2, -0.15) is 0 Å². The van der Waals surface area contributed by atoms with E-state index in [0.29, 0.717) is 16.9 Å². The predicted molar refractivity (Wildman–Crippen MR) is 95.4 cm³/mol. The number of halogens is 2. The molecule has 2 aromatic rings. The van der Waals surface area contributed by atoms with Gasteiger partial charge in [-0.15, -0.1) is 11.3 Å². The number of hydrogen-bond donors (Lipinski definition) is 1. The number of amides is 1. The van der Waals surface area contributed by atoms with E-state index in [1.54, 1.807) is 0 Å². The van der Waals surface area contributed by atoms with Crippen LogP contribution in [0.5, 0.6) is 0 Å². The maximum absolute atomic E-state index is 13.6. The highest BCUT2D eigenvalue weighted by atomic mass is 32.1. The minimum absolute atomic E-state index is 0.167. The van der Waals surface area contributed by atoms with Gasteiger partial charge in [-0.05, 0) is 55.9 Å². The van der Waals surface area contributed by atoms with Crippen LogP contribution in [-0.4, -0.2) is 18.0 Å². The Bertz CT molecular complexity index is 849. The molecule has 1 aromatic carbocycles. The third-order valence-electron chi connectivity index (χ3n) is 4.37. The first-order valence-electron chi connectivity index (χ1n) is 8.42. The molecule has 0 aliphatic heterocycles. The second kappa shape index (κ2) is 7.53. The lowest BCUT2D eigenvalue weighted by Gasteiger charge is -2.16. The molecule has 1 N–H and O–H groups in total. The van der Waals surface area contributed by atoms with E-state index in [2.05, 4.69) is 12.2 Å². The number of carbonyl (C=O) groups excluding carboxylic acids is 2. The van der Waals surface area contributed by atoms with Gasteiger partial charge in [-0.25, -0.2) is 13.6 Å². The van der Waals surface area contributed by atoms with E-state index in [9.17, 15) is 18.4 Å². The Morgan fingerprint density at radius 1 is 1.31 bits per heavy atom. The summed E-state index contributed by atoms with van der Waals surface area (Å²) in [5.74, 6) is -2.29. The van der Waals surface area contributed by atoms with E-state index in [1.165, 1.54) is 28.7 Å². The summed E-state index contributed by atoms with van der Waals surface area (Å²) in [5, 5.41) is 2.29. The summed E-state index contributed by atoms with van der Waals surface area (Å²) in [6.07, 6.45) is 1.89. The van der Waals surface area contributed by atoms with Gasteiger partial charge in [-0.1, -0.05) is 6.92 Å². The number of fused-ring (bicyclic) bond motifs is 1. The Balaban J connectivity index is 1.62.